The van der Waals surface area contributed by atoms with Crippen molar-refractivity contribution in [2.45, 2.75) is 46.1 Å². The van der Waals surface area contributed by atoms with Crippen molar-refractivity contribution < 1.29 is 19.4 Å². The van der Waals surface area contributed by atoms with Gasteiger partial charge in [0.05, 0.1) is 12.0 Å². The number of ether oxygens (including phenoxy) is 1. The van der Waals surface area contributed by atoms with Gasteiger partial charge < -0.3 is 9.84 Å². The Morgan fingerprint density at radius 1 is 1.39 bits per heavy atom. The highest BCUT2D eigenvalue weighted by Gasteiger charge is 2.36. The van der Waals surface area contributed by atoms with Gasteiger partial charge in [-0.15, -0.1) is 0 Å². The summed E-state index contributed by atoms with van der Waals surface area (Å²) in [5.41, 5.74) is -0.845. The molecule has 0 aliphatic carbocycles. The van der Waals surface area contributed by atoms with Gasteiger partial charge in [0, 0.05) is 6.54 Å². The molecule has 1 rings (SSSR count). The van der Waals surface area contributed by atoms with Crippen LogP contribution in [-0.4, -0.2) is 47.7 Å². The van der Waals surface area contributed by atoms with Gasteiger partial charge in [0.15, 0.2) is 0 Å². The number of rotatable bonds is 5. The topological polar surface area (TPSA) is 66.8 Å². The third-order valence-corrected chi connectivity index (χ3v) is 3.35. The van der Waals surface area contributed by atoms with Gasteiger partial charge in [0.2, 0.25) is 0 Å². The molecule has 1 atom stereocenters. The van der Waals surface area contributed by atoms with Crippen LogP contribution in [0, 0.1) is 5.41 Å². The van der Waals surface area contributed by atoms with E-state index < -0.39 is 11.4 Å². The zero-order valence-corrected chi connectivity index (χ0v) is 11.4. The predicted octanol–water partition coefficient (Wildman–Crippen LogP) is 1.51. The van der Waals surface area contributed by atoms with Crippen LogP contribution in [0.15, 0.2) is 0 Å². The number of carboxylic acids is 1. The number of hydrogen-bond donors (Lipinski definition) is 1. The van der Waals surface area contributed by atoms with Crippen LogP contribution in [0.5, 0.6) is 0 Å². The van der Waals surface area contributed by atoms with Crippen molar-refractivity contribution in [2.75, 3.05) is 19.7 Å². The summed E-state index contributed by atoms with van der Waals surface area (Å²) < 4.78 is 5.06. The summed E-state index contributed by atoms with van der Waals surface area (Å²) in [5, 5.41) is 9.16. The fourth-order valence-corrected chi connectivity index (χ4v) is 2.26. The van der Waals surface area contributed by atoms with E-state index in [0.29, 0.717) is 13.2 Å². The first-order valence-corrected chi connectivity index (χ1v) is 6.52. The molecule has 0 spiro atoms. The Balaban J connectivity index is 2.71. The molecule has 104 valence electrons. The third-order valence-electron chi connectivity index (χ3n) is 3.35. The molecule has 0 aromatic carbocycles. The average Bonchev–Trinajstić information content (AvgIpc) is 2.29. The quantitative estimate of drug-likeness (QED) is 0.756. The van der Waals surface area contributed by atoms with Gasteiger partial charge in [-0.1, -0.05) is 6.42 Å². The van der Waals surface area contributed by atoms with Crippen molar-refractivity contribution in [3.05, 3.63) is 0 Å². The molecule has 0 amide bonds. The van der Waals surface area contributed by atoms with Gasteiger partial charge in [-0.2, -0.15) is 0 Å². The maximum Gasteiger partial charge on any atom is 0.323 e. The standard InChI is InChI=1S/C13H23NO4/c1-4-18-11(15)10-7-5-6-8-14(10)9-13(2,3)12(16)17/h10H,4-9H2,1-3H3,(H,16,17). The molecule has 1 unspecified atom stereocenters. The van der Waals surface area contributed by atoms with E-state index in [-0.39, 0.29) is 12.0 Å². The molecule has 1 N–H and O–H groups in total. The number of carbonyl (C=O) groups is 2. The Labute approximate surface area is 108 Å². The summed E-state index contributed by atoms with van der Waals surface area (Å²) >= 11 is 0. The van der Waals surface area contributed by atoms with Crippen LogP contribution in [0.2, 0.25) is 0 Å². The normalized spacial score (nSPS) is 21.6. The second-order valence-corrected chi connectivity index (χ2v) is 5.42. The minimum Gasteiger partial charge on any atom is -0.481 e. The smallest absolute Gasteiger partial charge is 0.323 e. The molecule has 1 fully saturated rings. The minimum atomic E-state index is -0.845. The molecule has 0 radical (unpaired) electrons. The number of aliphatic carboxylic acids is 1. The van der Waals surface area contributed by atoms with Crippen LogP contribution in [0.3, 0.4) is 0 Å². The van der Waals surface area contributed by atoms with Gasteiger partial charge in [0.25, 0.3) is 0 Å². The molecule has 1 aliphatic rings. The number of hydrogen-bond acceptors (Lipinski definition) is 4. The Morgan fingerprint density at radius 3 is 2.61 bits per heavy atom. The summed E-state index contributed by atoms with van der Waals surface area (Å²) in [7, 11) is 0. The zero-order valence-electron chi connectivity index (χ0n) is 11.4. The Hall–Kier alpha value is -1.10. The molecular weight excluding hydrogens is 234 g/mol. The van der Waals surface area contributed by atoms with E-state index in [0.717, 1.165) is 25.8 Å². The van der Waals surface area contributed by atoms with Crippen LogP contribution in [0.25, 0.3) is 0 Å². The van der Waals surface area contributed by atoms with Crippen molar-refractivity contribution in [1.82, 2.24) is 4.90 Å². The minimum absolute atomic E-state index is 0.224. The summed E-state index contributed by atoms with van der Waals surface area (Å²) in [6.45, 7) is 6.67. The number of nitrogens with zero attached hydrogens (tertiary/aromatic N) is 1. The van der Waals surface area contributed by atoms with Gasteiger partial charge in [-0.25, -0.2) is 0 Å². The number of likely N-dealkylation sites (tertiary alicyclic amines) is 1. The van der Waals surface area contributed by atoms with Gasteiger partial charge >= 0.3 is 11.9 Å². The van der Waals surface area contributed by atoms with Crippen molar-refractivity contribution in [3.8, 4) is 0 Å². The fourth-order valence-electron chi connectivity index (χ4n) is 2.26. The van der Waals surface area contributed by atoms with Crippen molar-refractivity contribution in [2.24, 2.45) is 5.41 Å². The van der Waals surface area contributed by atoms with Crippen molar-refractivity contribution in [1.29, 1.82) is 0 Å². The zero-order chi connectivity index (χ0) is 13.8. The highest BCUT2D eigenvalue weighted by Crippen LogP contribution is 2.24. The van der Waals surface area contributed by atoms with Gasteiger partial charge in [0.1, 0.15) is 6.04 Å². The van der Waals surface area contributed by atoms with Crippen LogP contribution < -0.4 is 0 Å². The molecule has 1 aliphatic heterocycles. The van der Waals surface area contributed by atoms with Crippen LogP contribution >= 0.6 is 0 Å². The largest absolute Gasteiger partial charge is 0.481 e. The predicted molar refractivity (Wildman–Crippen MR) is 67.3 cm³/mol. The van der Waals surface area contributed by atoms with E-state index in [1.807, 2.05) is 4.90 Å². The molecule has 18 heavy (non-hydrogen) atoms. The van der Waals surface area contributed by atoms with E-state index >= 15 is 0 Å². The van der Waals surface area contributed by atoms with Gasteiger partial charge in [-0.05, 0) is 40.2 Å². The SMILES string of the molecule is CCOC(=O)C1CCCCN1CC(C)(C)C(=O)O. The monoisotopic (exact) mass is 257 g/mol. The van der Waals surface area contributed by atoms with E-state index in [1.165, 1.54) is 0 Å². The average molecular weight is 257 g/mol. The summed E-state index contributed by atoms with van der Waals surface area (Å²) in [6, 6.07) is -0.280. The molecule has 0 bridgehead atoms. The van der Waals surface area contributed by atoms with E-state index in [9.17, 15) is 9.59 Å². The molecular formula is C13H23NO4. The summed E-state index contributed by atoms with van der Waals surface area (Å²) in [5.74, 6) is -1.06. The second kappa shape index (κ2) is 6.18. The molecule has 0 aromatic rings. The maximum absolute atomic E-state index is 11.9. The Kier molecular flexibility index (Phi) is 5.14. The summed E-state index contributed by atoms with van der Waals surface area (Å²) in [4.78, 5) is 25.0. The maximum atomic E-state index is 11.9. The molecule has 0 aromatic heterocycles. The van der Waals surface area contributed by atoms with E-state index in [4.69, 9.17) is 9.84 Å². The lowest BCUT2D eigenvalue weighted by Crippen LogP contribution is -2.50. The first-order valence-electron chi connectivity index (χ1n) is 6.52. The third kappa shape index (κ3) is 3.70. The highest BCUT2D eigenvalue weighted by molar-refractivity contribution is 5.76. The number of esters is 1. The number of carbonyl (C=O) groups excluding carboxylic acids is 1. The second-order valence-electron chi connectivity index (χ2n) is 5.42. The lowest BCUT2D eigenvalue weighted by molar-refractivity contribution is -0.156. The van der Waals surface area contributed by atoms with Gasteiger partial charge in [-0.3, -0.25) is 14.5 Å². The Bertz CT molecular complexity index is 314. The van der Waals surface area contributed by atoms with Crippen LogP contribution in [-0.2, 0) is 14.3 Å². The molecule has 0 saturated carbocycles. The lowest BCUT2D eigenvalue weighted by Gasteiger charge is -2.37. The van der Waals surface area contributed by atoms with E-state index in [2.05, 4.69) is 0 Å². The first kappa shape index (κ1) is 15.0. The molecule has 1 saturated heterocycles. The molecule has 5 heteroatoms. The van der Waals surface area contributed by atoms with Crippen molar-refractivity contribution >= 4 is 11.9 Å². The van der Waals surface area contributed by atoms with Crippen LogP contribution in [0.1, 0.15) is 40.0 Å². The number of carboxylic acid groups (broad SMARTS) is 1. The fraction of sp³-hybridized carbons (Fsp3) is 0.846. The van der Waals surface area contributed by atoms with Crippen LogP contribution in [0.4, 0.5) is 0 Å². The first-order chi connectivity index (χ1) is 8.38. The number of piperidine rings is 1. The highest BCUT2D eigenvalue weighted by atomic mass is 16.5. The lowest BCUT2D eigenvalue weighted by atomic mass is 9.90. The van der Waals surface area contributed by atoms with Crippen molar-refractivity contribution in [3.63, 3.8) is 0 Å². The van der Waals surface area contributed by atoms with E-state index in [1.54, 1.807) is 20.8 Å². The molecule has 1 heterocycles. The molecule has 5 nitrogen and oxygen atoms in total. The summed E-state index contributed by atoms with van der Waals surface area (Å²) in [6.07, 6.45) is 2.76. The Morgan fingerprint density at radius 2 is 2.06 bits per heavy atom.